The van der Waals surface area contributed by atoms with Gasteiger partial charge in [0.25, 0.3) is 0 Å². The zero-order valence-corrected chi connectivity index (χ0v) is 12.4. The third kappa shape index (κ3) is 4.26. The molecule has 0 aromatic carbocycles. The molecule has 2 atom stereocenters. The predicted octanol–water partition coefficient (Wildman–Crippen LogP) is 1.52. The number of rotatable bonds is 8. The van der Waals surface area contributed by atoms with Crippen LogP contribution in [0.2, 0.25) is 0 Å². The molecule has 2 unspecified atom stereocenters. The van der Waals surface area contributed by atoms with Gasteiger partial charge in [-0.25, -0.2) is 0 Å². The topological polar surface area (TPSA) is 69.4 Å². The molecule has 0 saturated heterocycles. The lowest BCUT2D eigenvalue weighted by Crippen LogP contribution is -2.34. The summed E-state index contributed by atoms with van der Waals surface area (Å²) in [6.45, 7) is 1.82. The van der Waals surface area contributed by atoms with E-state index in [0.717, 1.165) is 18.1 Å². The Morgan fingerprint density at radius 2 is 2.10 bits per heavy atom. The monoisotopic (exact) mass is 283 g/mol. The first-order valence-electron chi connectivity index (χ1n) is 7.41. The molecular formula is C14H25N3O3. The molecule has 1 aromatic rings. The normalized spacial score (nSPS) is 23.1. The first kappa shape index (κ1) is 15.4. The van der Waals surface area contributed by atoms with Gasteiger partial charge in [-0.1, -0.05) is 18.0 Å². The van der Waals surface area contributed by atoms with E-state index in [-0.39, 0.29) is 0 Å². The number of likely N-dealkylation sites (N-methyl/N-ethyl adjacent to an activating group) is 1. The standard InChI is InChI=1S/C14H25N3O3/c1-15-12-6-4-3-5-11(12)14-16-13(17-20-14)7-8-19-10-9-18-2/h11-12,15H,3-10H2,1-2H3. The fourth-order valence-electron chi connectivity index (χ4n) is 2.70. The molecule has 1 saturated carbocycles. The summed E-state index contributed by atoms with van der Waals surface area (Å²) in [7, 11) is 3.67. The Bertz CT molecular complexity index is 383. The van der Waals surface area contributed by atoms with Crippen molar-refractivity contribution in [2.45, 2.75) is 44.1 Å². The lowest BCUT2D eigenvalue weighted by molar-refractivity contribution is 0.0714. The minimum absolute atomic E-state index is 0.351. The molecule has 0 radical (unpaired) electrons. The van der Waals surface area contributed by atoms with Gasteiger partial charge >= 0.3 is 0 Å². The summed E-state index contributed by atoms with van der Waals surface area (Å²) in [6, 6.07) is 0.454. The zero-order valence-electron chi connectivity index (χ0n) is 12.4. The molecule has 0 amide bonds. The fourth-order valence-corrected chi connectivity index (χ4v) is 2.70. The summed E-state index contributed by atoms with van der Waals surface area (Å²) >= 11 is 0. The molecule has 6 nitrogen and oxygen atoms in total. The van der Waals surface area contributed by atoms with Crippen LogP contribution < -0.4 is 5.32 Å². The van der Waals surface area contributed by atoms with Crippen molar-refractivity contribution in [3.63, 3.8) is 0 Å². The number of nitrogens with zero attached hydrogens (tertiary/aromatic N) is 2. The largest absolute Gasteiger partial charge is 0.382 e. The van der Waals surface area contributed by atoms with Crippen molar-refractivity contribution in [2.75, 3.05) is 34.0 Å². The number of aromatic nitrogens is 2. The van der Waals surface area contributed by atoms with Crippen LogP contribution in [0.3, 0.4) is 0 Å². The van der Waals surface area contributed by atoms with E-state index in [9.17, 15) is 0 Å². The Morgan fingerprint density at radius 3 is 2.90 bits per heavy atom. The molecule has 1 aliphatic carbocycles. The van der Waals surface area contributed by atoms with Gasteiger partial charge in [-0.2, -0.15) is 4.98 Å². The van der Waals surface area contributed by atoms with Crippen LogP contribution in [0, 0.1) is 0 Å². The third-order valence-corrected chi connectivity index (χ3v) is 3.84. The van der Waals surface area contributed by atoms with Crippen LogP contribution in [-0.4, -0.2) is 50.2 Å². The van der Waals surface area contributed by atoms with Gasteiger partial charge in [0.1, 0.15) is 0 Å². The molecule has 0 spiro atoms. The van der Waals surface area contributed by atoms with Gasteiger partial charge in [-0.05, 0) is 19.9 Å². The van der Waals surface area contributed by atoms with E-state index >= 15 is 0 Å². The van der Waals surface area contributed by atoms with E-state index < -0.39 is 0 Å². The smallest absolute Gasteiger partial charge is 0.231 e. The van der Waals surface area contributed by atoms with Crippen molar-refractivity contribution in [3.05, 3.63) is 11.7 Å². The van der Waals surface area contributed by atoms with Gasteiger partial charge in [0.05, 0.1) is 25.7 Å². The second-order valence-electron chi connectivity index (χ2n) is 5.19. The maximum Gasteiger partial charge on any atom is 0.231 e. The maximum absolute atomic E-state index is 5.43. The number of hydrogen-bond donors (Lipinski definition) is 1. The van der Waals surface area contributed by atoms with Gasteiger partial charge in [-0.15, -0.1) is 0 Å². The lowest BCUT2D eigenvalue weighted by atomic mass is 9.84. The highest BCUT2D eigenvalue weighted by Crippen LogP contribution is 2.31. The fraction of sp³-hybridized carbons (Fsp3) is 0.857. The minimum atomic E-state index is 0.351. The first-order chi connectivity index (χ1) is 9.85. The highest BCUT2D eigenvalue weighted by atomic mass is 16.5. The summed E-state index contributed by atoms with van der Waals surface area (Å²) in [4.78, 5) is 4.52. The van der Waals surface area contributed by atoms with Crippen LogP contribution in [0.25, 0.3) is 0 Å². The van der Waals surface area contributed by atoms with Crippen molar-refractivity contribution in [3.8, 4) is 0 Å². The van der Waals surface area contributed by atoms with Crippen molar-refractivity contribution in [1.29, 1.82) is 0 Å². The van der Waals surface area contributed by atoms with E-state index in [4.69, 9.17) is 14.0 Å². The quantitative estimate of drug-likeness (QED) is 0.730. The molecule has 1 aromatic heterocycles. The Labute approximate surface area is 120 Å². The number of ether oxygens (including phenoxy) is 2. The first-order valence-corrected chi connectivity index (χ1v) is 7.41. The van der Waals surface area contributed by atoms with Crippen LogP contribution in [-0.2, 0) is 15.9 Å². The Hall–Kier alpha value is -0.980. The average Bonchev–Trinajstić information content (AvgIpc) is 2.95. The van der Waals surface area contributed by atoms with E-state index in [1.807, 2.05) is 7.05 Å². The Balaban J connectivity index is 1.81. The average molecular weight is 283 g/mol. The van der Waals surface area contributed by atoms with E-state index in [1.165, 1.54) is 19.3 Å². The summed E-state index contributed by atoms with van der Waals surface area (Å²) in [6.07, 6.45) is 5.50. The van der Waals surface area contributed by atoms with Crippen LogP contribution in [0.4, 0.5) is 0 Å². The van der Waals surface area contributed by atoms with E-state index in [2.05, 4.69) is 15.5 Å². The summed E-state index contributed by atoms with van der Waals surface area (Å²) in [5.41, 5.74) is 0. The second-order valence-corrected chi connectivity index (χ2v) is 5.19. The molecule has 1 N–H and O–H groups in total. The van der Waals surface area contributed by atoms with Gasteiger partial charge in [0.15, 0.2) is 5.82 Å². The molecule has 0 bridgehead atoms. The van der Waals surface area contributed by atoms with Crippen LogP contribution >= 0.6 is 0 Å². The highest BCUT2D eigenvalue weighted by Gasteiger charge is 2.29. The zero-order chi connectivity index (χ0) is 14.2. The summed E-state index contributed by atoms with van der Waals surface area (Å²) in [5.74, 6) is 1.86. The SMILES string of the molecule is CNC1CCCCC1c1nc(CCOCCOC)no1. The van der Waals surface area contributed by atoms with Crippen molar-refractivity contribution >= 4 is 0 Å². The van der Waals surface area contributed by atoms with Crippen LogP contribution in [0.1, 0.15) is 43.3 Å². The number of hydrogen-bond acceptors (Lipinski definition) is 6. The van der Waals surface area contributed by atoms with Gasteiger partial charge in [0, 0.05) is 19.6 Å². The van der Waals surface area contributed by atoms with Crippen molar-refractivity contribution < 1.29 is 14.0 Å². The number of methoxy groups -OCH3 is 1. The molecule has 20 heavy (non-hydrogen) atoms. The van der Waals surface area contributed by atoms with Gasteiger partial charge in [0.2, 0.25) is 5.89 Å². The van der Waals surface area contributed by atoms with E-state index in [0.29, 0.717) is 38.2 Å². The third-order valence-electron chi connectivity index (χ3n) is 3.84. The maximum atomic E-state index is 5.43. The molecule has 1 aliphatic rings. The molecule has 1 fully saturated rings. The number of nitrogens with one attached hydrogen (secondary N) is 1. The minimum Gasteiger partial charge on any atom is -0.382 e. The highest BCUT2D eigenvalue weighted by molar-refractivity contribution is 5.01. The molecular weight excluding hydrogens is 258 g/mol. The molecule has 0 aliphatic heterocycles. The molecule has 2 rings (SSSR count). The Kier molecular flexibility index (Phi) is 6.42. The van der Waals surface area contributed by atoms with E-state index in [1.54, 1.807) is 7.11 Å². The summed E-state index contributed by atoms with van der Waals surface area (Å²) < 4.78 is 15.8. The molecule has 6 heteroatoms. The van der Waals surface area contributed by atoms with Crippen LogP contribution in [0.15, 0.2) is 4.52 Å². The molecule has 114 valence electrons. The second kappa shape index (κ2) is 8.34. The molecule has 1 heterocycles. The van der Waals surface area contributed by atoms with Gasteiger partial charge in [-0.3, -0.25) is 0 Å². The summed E-state index contributed by atoms with van der Waals surface area (Å²) in [5, 5.41) is 7.41. The Morgan fingerprint density at radius 1 is 1.25 bits per heavy atom. The van der Waals surface area contributed by atoms with Crippen molar-refractivity contribution in [1.82, 2.24) is 15.5 Å². The predicted molar refractivity (Wildman–Crippen MR) is 74.8 cm³/mol. The van der Waals surface area contributed by atoms with Crippen molar-refractivity contribution in [2.24, 2.45) is 0 Å². The van der Waals surface area contributed by atoms with Crippen LogP contribution in [0.5, 0.6) is 0 Å². The van der Waals surface area contributed by atoms with Gasteiger partial charge < -0.3 is 19.3 Å². The lowest BCUT2D eigenvalue weighted by Gasteiger charge is -2.28.